The zero-order valence-electron chi connectivity index (χ0n) is 7.65. The molecule has 0 radical (unpaired) electrons. The van der Waals surface area contributed by atoms with Gasteiger partial charge in [-0.05, 0) is 13.2 Å². The lowest BCUT2D eigenvalue weighted by Crippen LogP contribution is -2.01. The van der Waals surface area contributed by atoms with E-state index in [2.05, 4.69) is 9.97 Å². The first kappa shape index (κ1) is 10.3. The Morgan fingerprint density at radius 3 is 2.92 bits per heavy atom. The number of aliphatic hydroxyl groups is 1. The summed E-state index contributed by atoms with van der Waals surface area (Å²) >= 11 is 1.44. The van der Waals surface area contributed by atoms with Crippen molar-refractivity contribution in [1.29, 1.82) is 0 Å². The summed E-state index contributed by atoms with van der Waals surface area (Å²) in [6, 6.07) is 0. The number of ether oxygens (including phenoxy) is 1. The number of thioether (sulfide) groups is 1. The Labute approximate surface area is 81.4 Å². The summed E-state index contributed by atoms with van der Waals surface area (Å²) < 4.78 is 5.25. The number of rotatable bonds is 4. The molecule has 0 saturated heterocycles. The zero-order chi connectivity index (χ0) is 9.68. The minimum Gasteiger partial charge on any atom is -0.478 e. The topological polar surface area (TPSA) is 55.2 Å². The summed E-state index contributed by atoms with van der Waals surface area (Å²) in [7, 11) is 0. The van der Waals surface area contributed by atoms with E-state index in [0.717, 1.165) is 0 Å². The molecule has 0 fully saturated rings. The van der Waals surface area contributed by atoms with Gasteiger partial charge >= 0.3 is 0 Å². The van der Waals surface area contributed by atoms with Crippen molar-refractivity contribution in [3.8, 4) is 5.88 Å². The van der Waals surface area contributed by atoms with E-state index in [4.69, 9.17) is 9.84 Å². The predicted molar refractivity (Wildman–Crippen MR) is 50.9 cm³/mol. The van der Waals surface area contributed by atoms with Crippen LogP contribution in [0.15, 0.2) is 11.4 Å². The van der Waals surface area contributed by atoms with Gasteiger partial charge in [0.25, 0.3) is 0 Å². The minimum absolute atomic E-state index is 0.0933. The molecule has 1 N–H and O–H groups in total. The van der Waals surface area contributed by atoms with Gasteiger partial charge in [-0.25, -0.2) is 4.98 Å². The lowest BCUT2D eigenvalue weighted by atomic mass is 10.3. The second-order valence-electron chi connectivity index (χ2n) is 2.28. The van der Waals surface area contributed by atoms with Crippen LogP contribution in [-0.4, -0.2) is 27.9 Å². The molecule has 5 heteroatoms. The van der Waals surface area contributed by atoms with Gasteiger partial charge in [-0.2, -0.15) is 4.98 Å². The van der Waals surface area contributed by atoms with Gasteiger partial charge in [-0.1, -0.05) is 11.8 Å². The van der Waals surface area contributed by atoms with Crippen molar-refractivity contribution < 1.29 is 9.84 Å². The van der Waals surface area contributed by atoms with Gasteiger partial charge in [-0.3, -0.25) is 0 Å². The van der Waals surface area contributed by atoms with Crippen molar-refractivity contribution in [1.82, 2.24) is 9.97 Å². The van der Waals surface area contributed by atoms with E-state index in [1.165, 1.54) is 11.8 Å². The Morgan fingerprint density at radius 1 is 1.62 bits per heavy atom. The molecule has 1 rings (SSSR count). The van der Waals surface area contributed by atoms with Crippen LogP contribution in [0.1, 0.15) is 12.5 Å². The number of hydrogen-bond acceptors (Lipinski definition) is 5. The molecule has 0 aliphatic heterocycles. The Kier molecular flexibility index (Phi) is 3.98. The van der Waals surface area contributed by atoms with Gasteiger partial charge < -0.3 is 9.84 Å². The highest BCUT2D eigenvalue weighted by Crippen LogP contribution is 2.18. The van der Waals surface area contributed by atoms with Gasteiger partial charge in [0.1, 0.15) is 0 Å². The first-order valence-corrected chi connectivity index (χ1v) is 5.17. The van der Waals surface area contributed by atoms with Crippen molar-refractivity contribution in [2.75, 3.05) is 12.9 Å². The van der Waals surface area contributed by atoms with Crippen molar-refractivity contribution in [2.45, 2.75) is 18.7 Å². The average molecular weight is 200 g/mol. The molecule has 1 aromatic heterocycles. The number of hydrogen-bond donors (Lipinski definition) is 1. The highest BCUT2D eigenvalue weighted by molar-refractivity contribution is 7.98. The lowest BCUT2D eigenvalue weighted by Gasteiger charge is -2.06. The molecule has 0 atom stereocenters. The number of nitrogens with zero attached hydrogens (tertiary/aromatic N) is 2. The minimum atomic E-state index is -0.0933. The van der Waals surface area contributed by atoms with Crippen LogP contribution in [0.3, 0.4) is 0 Å². The normalized spacial score (nSPS) is 10.1. The third kappa shape index (κ3) is 2.57. The fourth-order valence-electron chi connectivity index (χ4n) is 0.844. The number of aromatic nitrogens is 2. The molecular weight excluding hydrogens is 188 g/mol. The lowest BCUT2D eigenvalue weighted by molar-refractivity contribution is 0.260. The van der Waals surface area contributed by atoms with Gasteiger partial charge in [0.15, 0.2) is 5.16 Å². The predicted octanol–water partition coefficient (Wildman–Crippen LogP) is 1.09. The first-order valence-electron chi connectivity index (χ1n) is 3.95. The second-order valence-corrected chi connectivity index (χ2v) is 3.05. The average Bonchev–Trinajstić information content (AvgIpc) is 2.18. The Balaban J connectivity index is 2.95. The van der Waals surface area contributed by atoms with E-state index in [9.17, 15) is 0 Å². The molecule has 13 heavy (non-hydrogen) atoms. The van der Waals surface area contributed by atoms with Gasteiger partial charge in [0.05, 0.1) is 18.8 Å². The van der Waals surface area contributed by atoms with Gasteiger partial charge in [0, 0.05) is 6.20 Å². The molecule has 0 saturated carbocycles. The molecule has 0 unspecified atom stereocenters. The molecule has 0 aliphatic rings. The van der Waals surface area contributed by atoms with E-state index < -0.39 is 0 Å². The van der Waals surface area contributed by atoms with Crippen LogP contribution in [0.2, 0.25) is 0 Å². The highest BCUT2D eigenvalue weighted by Gasteiger charge is 2.06. The molecule has 0 amide bonds. The van der Waals surface area contributed by atoms with E-state index >= 15 is 0 Å². The Morgan fingerprint density at radius 2 is 2.38 bits per heavy atom. The maximum Gasteiger partial charge on any atom is 0.222 e. The summed E-state index contributed by atoms with van der Waals surface area (Å²) in [6.45, 7) is 2.32. The van der Waals surface area contributed by atoms with Crippen molar-refractivity contribution in [3.63, 3.8) is 0 Å². The highest BCUT2D eigenvalue weighted by atomic mass is 32.2. The SMILES string of the molecule is CCOc1nc(SC)ncc1CO. The fourth-order valence-corrected chi connectivity index (χ4v) is 1.18. The Bertz CT molecular complexity index is 281. The molecule has 72 valence electrons. The van der Waals surface area contributed by atoms with Crippen LogP contribution < -0.4 is 4.74 Å². The molecule has 0 spiro atoms. The number of aliphatic hydroxyl groups excluding tert-OH is 1. The van der Waals surface area contributed by atoms with Crippen LogP contribution in [0.4, 0.5) is 0 Å². The molecule has 1 heterocycles. The molecule has 0 aliphatic carbocycles. The van der Waals surface area contributed by atoms with Crippen LogP contribution in [0.5, 0.6) is 5.88 Å². The van der Waals surface area contributed by atoms with Crippen molar-refractivity contribution >= 4 is 11.8 Å². The Hall–Kier alpha value is -0.810. The monoisotopic (exact) mass is 200 g/mol. The fraction of sp³-hybridized carbons (Fsp3) is 0.500. The zero-order valence-corrected chi connectivity index (χ0v) is 8.47. The maximum absolute atomic E-state index is 8.94. The van der Waals surface area contributed by atoms with E-state index in [1.54, 1.807) is 6.20 Å². The van der Waals surface area contributed by atoms with Crippen LogP contribution in [0, 0.1) is 0 Å². The first-order chi connectivity index (χ1) is 6.31. The standard InChI is InChI=1S/C8H12N2O2S/c1-3-12-7-6(5-11)4-9-8(10-7)13-2/h4,11H,3,5H2,1-2H3. The van der Waals surface area contributed by atoms with E-state index in [1.807, 2.05) is 13.2 Å². The van der Waals surface area contributed by atoms with Crippen LogP contribution in [0.25, 0.3) is 0 Å². The molecule has 0 aromatic carbocycles. The quantitative estimate of drug-likeness (QED) is 0.582. The second kappa shape index (κ2) is 5.04. The van der Waals surface area contributed by atoms with Gasteiger partial charge in [-0.15, -0.1) is 0 Å². The largest absolute Gasteiger partial charge is 0.478 e. The summed E-state index contributed by atoms with van der Waals surface area (Å²) in [5, 5.41) is 9.60. The van der Waals surface area contributed by atoms with E-state index in [0.29, 0.717) is 23.2 Å². The van der Waals surface area contributed by atoms with Crippen LogP contribution in [-0.2, 0) is 6.61 Å². The van der Waals surface area contributed by atoms with Crippen molar-refractivity contribution in [2.24, 2.45) is 0 Å². The molecule has 0 bridgehead atoms. The van der Waals surface area contributed by atoms with Crippen molar-refractivity contribution in [3.05, 3.63) is 11.8 Å². The molecule has 1 aromatic rings. The molecule has 4 nitrogen and oxygen atoms in total. The van der Waals surface area contributed by atoms with Gasteiger partial charge in [0.2, 0.25) is 5.88 Å². The summed E-state index contributed by atoms with van der Waals surface area (Å²) in [4.78, 5) is 8.14. The molecular formula is C8H12N2O2S. The summed E-state index contributed by atoms with van der Waals surface area (Å²) in [5.74, 6) is 0.476. The van der Waals surface area contributed by atoms with Crippen LogP contribution >= 0.6 is 11.8 Å². The van der Waals surface area contributed by atoms with E-state index in [-0.39, 0.29) is 6.61 Å². The maximum atomic E-state index is 8.94. The smallest absolute Gasteiger partial charge is 0.222 e. The third-order valence-electron chi connectivity index (χ3n) is 1.44. The summed E-state index contributed by atoms with van der Waals surface area (Å²) in [5.41, 5.74) is 0.625. The summed E-state index contributed by atoms with van der Waals surface area (Å²) in [6.07, 6.45) is 3.48. The third-order valence-corrected chi connectivity index (χ3v) is 2.00.